The molecule has 0 bridgehead atoms. The number of ether oxygens (including phenoxy) is 2. The number of carbonyl (C=O) groups is 2. The molecule has 0 radical (unpaired) electrons. The molecule has 3 rings (SSSR count). The van der Waals surface area contributed by atoms with Crippen molar-refractivity contribution in [2.45, 2.75) is 13.0 Å². The number of aryl methyl sites for hydroxylation is 1. The van der Waals surface area contributed by atoms with Gasteiger partial charge in [0.1, 0.15) is 17.5 Å². The van der Waals surface area contributed by atoms with Gasteiger partial charge in [-0.15, -0.1) is 0 Å². The van der Waals surface area contributed by atoms with Crippen molar-refractivity contribution < 1.29 is 19.1 Å². The smallest absolute Gasteiger partial charge is 0.257 e. The van der Waals surface area contributed by atoms with Crippen LogP contribution in [0.1, 0.15) is 27.5 Å². The van der Waals surface area contributed by atoms with Crippen LogP contribution in [0.2, 0.25) is 0 Å². The van der Waals surface area contributed by atoms with Crippen LogP contribution in [0.3, 0.4) is 0 Å². The van der Waals surface area contributed by atoms with E-state index in [1.807, 2.05) is 31.2 Å². The van der Waals surface area contributed by atoms with Crippen molar-refractivity contribution in [1.82, 2.24) is 9.80 Å². The largest absolute Gasteiger partial charge is 0.497 e. The number of rotatable bonds is 5. The number of nitrogens with zero attached hydrogens (tertiary/aromatic N) is 2. The van der Waals surface area contributed by atoms with Crippen molar-refractivity contribution >= 4 is 11.8 Å². The van der Waals surface area contributed by atoms with E-state index in [0.29, 0.717) is 43.2 Å². The average molecular weight is 397 g/mol. The van der Waals surface area contributed by atoms with Gasteiger partial charge in [0.15, 0.2) is 0 Å². The molecule has 2 N–H and O–H groups in total. The van der Waals surface area contributed by atoms with Gasteiger partial charge in [-0.3, -0.25) is 9.59 Å². The SMILES string of the molecule is COc1ccc(C(=O)N2CCN(C(=O)C(N)c3ccc(C)cc3)CC2)c(OC)c1. The minimum atomic E-state index is -0.695. The molecule has 2 amide bonds. The minimum Gasteiger partial charge on any atom is -0.497 e. The van der Waals surface area contributed by atoms with Crippen molar-refractivity contribution in [3.63, 3.8) is 0 Å². The van der Waals surface area contributed by atoms with E-state index in [4.69, 9.17) is 15.2 Å². The van der Waals surface area contributed by atoms with Crippen LogP contribution in [-0.2, 0) is 4.79 Å². The Morgan fingerprint density at radius 3 is 2.14 bits per heavy atom. The molecule has 1 fully saturated rings. The van der Waals surface area contributed by atoms with Gasteiger partial charge in [0.25, 0.3) is 5.91 Å². The van der Waals surface area contributed by atoms with E-state index in [2.05, 4.69) is 0 Å². The van der Waals surface area contributed by atoms with E-state index in [9.17, 15) is 9.59 Å². The van der Waals surface area contributed by atoms with Crippen molar-refractivity contribution in [3.05, 3.63) is 59.2 Å². The molecule has 7 nitrogen and oxygen atoms in total. The first-order chi connectivity index (χ1) is 13.9. The second-order valence-electron chi connectivity index (χ2n) is 7.07. The fraction of sp³-hybridized carbons (Fsp3) is 0.364. The van der Waals surface area contributed by atoms with Crippen LogP contribution >= 0.6 is 0 Å². The number of amides is 2. The lowest BCUT2D eigenvalue weighted by Crippen LogP contribution is -2.52. The van der Waals surface area contributed by atoms with E-state index >= 15 is 0 Å². The van der Waals surface area contributed by atoms with Crippen LogP contribution in [0, 0.1) is 6.92 Å². The molecule has 1 saturated heterocycles. The number of hydrogen-bond donors (Lipinski definition) is 1. The van der Waals surface area contributed by atoms with E-state index in [1.165, 1.54) is 7.11 Å². The Kier molecular flexibility index (Phi) is 6.39. The van der Waals surface area contributed by atoms with Crippen molar-refractivity contribution in [1.29, 1.82) is 0 Å². The first-order valence-electron chi connectivity index (χ1n) is 9.57. The molecular weight excluding hydrogens is 370 g/mol. The predicted molar refractivity (Wildman–Crippen MR) is 110 cm³/mol. The molecule has 0 aromatic heterocycles. The molecule has 1 heterocycles. The third-order valence-electron chi connectivity index (χ3n) is 5.22. The van der Waals surface area contributed by atoms with Gasteiger partial charge < -0.3 is 25.0 Å². The van der Waals surface area contributed by atoms with Gasteiger partial charge in [-0.05, 0) is 24.6 Å². The highest BCUT2D eigenvalue weighted by atomic mass is 16.5. The lowest BCUT2D eigenvalue weighted by Gasteiger charge is -2.36. The highest BCUT2D eigenvalue weighted by molar-refractivity contribution is 5.97. The van der Waals surface area contributed by atoms with Gasteiger partial charge in [-0.25, -0.2) is 0 Å². The number of methoxy groups -OCH3 is 2. The third-order valence-corrected chi connectivity index (χ3v) is 5.22. The zero-order chi connectivity index (χ0) is 21.0. The van der Waals surface area contributed by atoms with Crippen LogP contribution in [0.5, 0.6) is 11.5 Å². The molecule has 0 spiro atoms. The maximum Gasteiger partial charge on any atom is 0.257 e. The fourth-order valence-electron chi connectivity index (χ4n) is 3.39. The van der Waals surface area contributed by atoms with Gasteiger partial charge in [0.2, 0.25) is 5.91 Å². The maximum absolute atomic E-state index is 12.9. The lowest BCUT2D eigenvalue weighted by atomic mass is 10.0. The first kappa shape index (κ1) is 20.7. The molecular formula is C22H27N3O4. The fourth-order valence-corrected chi connectivity index (χ4v) is 3.39. The normalized spacial score (nSPS) is 15.0. The second kappa shape index (κ2) is 8.96. The molecule has 1 aliphatic heterocycles. The second-order valence-corrected chi connectivity index (χ2v) is 7.07. The Labute approximate surface area is 171 Å². The highest BCUT2D eigenvalue weighted by Crippen LogP contribution is 2.26. The number of carbonyl (C=O) groups excluding carboxylic acids is 2. The average Bonchev–Trinajstić information content (AvgIpc) is 2.77. The number of hydrogen-bond acceptors (Lipinski definition) is 5. The lowest BCUT2D eigenvalue weighted by molar-refractivity contribution is -0.134. The summed E-state index contributed by atoms with van der Waals surface area (Å²) in [6.07, 6.45) is 0. The van der Waals surface area contributed by atoms with Crippen LogP contribution in [-0.4, -0.2) is 62.0 Å². The molecule has 7 heteroatoms. The van der Waals surface area contributed by atoms with Crippen LogP contribution < -0.4 is 15.2 Å². The first-order valence-corrected chi connectivity index (χ1v) is 9.57. The summed E-state index contributed by atoms with van der Waals surface area (Å²) in [7, 11) is 3.09. The molecule has 2 aromatic rings. The Bertz CT molecular complexity index is 874. The number of nitrogens with two attached hydrogens (primary N) is 1. The summed E-state index contributed by atoms with van der Waals surface area (Å²) < 4.78 is 10.5. The maximum atomic E-state index is 12.9. The van der Waals surface area contributed by atoms with Gasteiger partial charge in [0.05, 0.1) is 19.8 Å². The van der Waals surface area contributed by atoms with E-state index in [-0.39, 0.29) is 11.8 Å². The zero-order valence-corrected chi connectivity index (χ0v) is 17.1. The molecule has 1 aliphatic rings. The van der Waals surface area contributed by atoms with Gasteiger partial charge in [-0.1, -0.05) is 29.8 Å². The molecule has 0 saturated carbocycles. The van der Waals surface area contributed by atoms with Crippen molar-refractivity contribution in [2.75, 3.05) is 40.4 Å². The monoisotopic (exact) mass is 397 g/mol. The Balaban J connectivity index is 1.63. The van der Waals surface area contributed by atoms with E-state index in [1.54, 1.807) is 35.1 Å². The van der Waals surface area contributed by atoms with Crippen molar-refractivity contribution in [2.24, 2.45) is 5.73 Å². The Hall–Kier alpha value is -3.06. The molecule has 1 unspecified atom stereocenters. The predicted octanol–water partition coefficient (Wildman–Crippen LogP) is 2.00. The molecule has 1 atom stereocenters. The summed E-state index contributed by atoms with van der Waals surface area (Å²) in [6.45, 7) is 3.77. The summed E-state index contributed by atoms with van der Waals surface area (Å²) in [5, 5.41) is 0. The van der Waals surface area contributed by atoms with Gasteiger partial charge in [0, 0.05) is 32.2 Å². The Morgan fingerprint density at radius 2 is 1.55 bits per heavy atom. The van der Waals surface area contributed by atoms with Crippen molar-refractivity contribution in [3.8, 4) is 11.5 Å². The topological polar surface area (TPSA) is 85.1 Å². The Morgan fingerprint density at radius 1 is 0.931 bits per heavy atom. The highest BCUT2D eigenvalue weighted by Gasteiger charge is 2.29. The molecule has 154 valence electrons. The van der Waals surface area contributed by atoms with Crippen LogP contribution in [0.4, 0.5) is 0 Å². The van der Waals surface area contributed by atoms with Crippen LogP contribution in [0.25, 0.3) is 0 Å². The summed E-state index contributed by atoms with van der Waals surface area (Å²) in [5.41, 5.74) is 8.56. The molecule has 2 aromatic carbocycles. The minimum absolute atomic E-state index is 0.122. The zero-order valence-electron chi connectivity index (χ0n) is 17.1. The summed E-state index contributed by atoms with van der Waals surface area (Å²) in [5.74, 6) is 0.843. The summed E-state index contributed by atoms with van der Waals surface area (Å²) in [6, 6.07) is 12.1. The standard InChI is InChI=1S/C22H27N3O4/c1-15-4-6-16(7-5-15)20(23)22(27)25-12-10-24(11-13-25)21(26)18-9-8-17(28-2)14-19(18)29-3/h4-9,14,20H,10-13,23H2,1-3H3. The van der Waals surface area contributed by atoms with Gasteiger partial charge in [-0.2, -0.15) is 0 Å². The van der Waals surface area contributed by atoms with E-state index < -0.39 is 6.04 Å². The van der Waals surface area contributed by atoms with Gasteiger partial charge >= 0.3 is 0 Å². The number of benzene rings is 2. The van der Waals surface area contributed by atoms with E-state index in [0.717, 1.165) is 11.1 Å². The summed E-state index contributed by atoms with van der Waals surface area (Å²) >= 11 is 0. The third kappa shape index (κ3) is 4.51. The number of piperazine rings is 1. The quantitative estimate of drug-likeness (QED) is 0.834. The molecule has 29 heavy (non-hydrogen) atoms. The molecule has 0 aliphatic carbocycles. The van der Waals surface area contributed by atoms with Crippen LogP contribution in [0.15, 0.2) is 42.5 Å². The summed E-state index contributed by atoms with van der Waals surface area (Å²) in [4.78, 5) is 29.1.